The molecule has 0 unspecified atom stereocenters. The third kappa shape index (κ3) is 3.39. The number of hydrogen-bond donors (Lipinski definition) is 1. The van der Waals surface area contributed by atoms with Gasteiger partial charge in [0, 0.05) is 12.1 Å². The van der Waals surface area contributed by atoms with Gasteiger partial charge in [0.05, 0.1) is 22.1 Å². The first-order valence-corrected chi connectivity index (χ1v) is 9.27. The van der Waals surface area contributed by atoms with Crippen molar-refractivity contribution in [3.63, 3.8) is 0 Å². The predicted molar refractivity (Wildman–Crippen MR) is 114 cm³/mol. The molecule has 0 saturated carbocycles. The van der Waals surface area contributed by atoms with E-state index in [0.717, 1.165) is 12.1 Å². The fraction of sp³-hybridized carbons (Fsp3) is 0.238. The van der Waals surface area contributed by atoms with Gasteiger partial charge in [-0.2, -0.15) is 25.3 Å². The van der Waals surface area contributed by atoms with Crippen LogP contribution >= 0.6 is 0 Å². The van der Waals surface area contributed by atoms with Crippen LogP contribution in [-0.2, 0) is 0 Å². The van der Waals surface area contributed by atoms with E-state index in [4.69, 9.17) is 10.2 Å². The molecule has 9 nitrogen and oxygen atoms in total. The van der Waals surface area contributed by atoms with E-state index >= 15 is 0 Å². The minimum atomic E-state index is -0.342. The van der Waals surface area contributed by atoms with Gasteiger partial charge in [-0.3, -0.25) is 4.79 Å². The highest BCUT2D eigenvalue weighted by Gasteiger charge is 2.35. The number of para-hydroxylation sites is 1. The molecule has 0 atom stereocenters. The number of rotatable bonds is 3. The summed E-state index contributed by atoms with van der Waals surface area (Å²) in [6, 6.07) is 8.93. The van der Waals surface area contributed by atoms with Crippen LogP contribution in [0.15, 0.2) is 44.8 Å². The van der Waals surface area contributed by atoms with E-state index in [1.807, 2.05) is 26.8 Å². The van der Waals surface area contributed by atoms with Crippen molar-refractivity contribution in [2.75, 3.05) is 10.7 Å². The van der Waals surface area contributed by atoms with E-state index in [-0.39, 0.29) is 39.8 Å². The summed E-state index contributed by atoms with van der Waals surface area (Å²) in [7, 11) is 0. The fourth-order valence-electron chi connectivity index (χ4n) is 3.45. The standard InChI is InChI=1S/C21H19N7O2/c1-12-9-21(2,3)28(27-12)20-25-18(24-19(23)26-20)13(10-22)8-14-11-30-16-7-5-4-6-15(16)17(14)29/h4-8,11H,9H2,1-3H3,(H2,23,24,25,26)/b13-8+. The average Bonchev–Trinajstić information content (AvgIpc) is 2.99. The van der Waals surface area contributed by atoms with E-state index in [9.17, 15) is 10.1 Å². The Morgan fingerprint density at radius 2 is 2.07 bits per heavy atom. The summed E-state index contributed by atoms with van der Waals surface area (Å²) >= 11 is 0. The Morgan fingerprint density at radius 1 is 1.30 bits per heavy atom. The molecule has 0 saturated heterocycles. The molecule has 2 N–H and O–H groups in total. The fourth-order valence-corrected chi connectivity index (χ4v) is 3.45. The molecular formula is C21H19N7O2. The van der Waals surface area contributed by atoms with Gasteiger partial charge in [-0.05, 0) is 39.0 Å². The van der Waals surface area contributed by atoms with Gasteiger partial charge in [-0.15, -0.1) is 0 Å². The van der Waals surface area contributed by atoms with Crippen molar-refractivity contribution >= 4 is 40.2 Å². The Bertz CT molecular complexity index is 1310. The predicted octanol–water partition coefficient (Wildman–Crippen LogP) is 2.99. The lowest BCUT2D eigenvalue weighted by atomic mass is 9.99. The number of fused-ring (bicyclic) bond motifs is 1. The Kier molecular flexibility index (Phi) is 4.54. The van der Waals surface area contributed by atoms with Gasteiger partial charge >= 0.3 is 0 Å². The molecule has 0 amide bonds. The van der Waals surface area contributed by atoms with Crippen molar-refractivity contribution < 1.29 is 4.42 Å². The molecule has 0 fully saturated rings. The molecule has 0 radical (unpaired) electrons. The minimum Gasteiger partial charge on any atom is -0.463 e. The molecule has 0 spiro atoms. The lowest BCUT2D eigenvalue weighted by Crippen LogP contribution is -2.37. The summed E-state index contributed by atoms with van der Waals surface area (Å²) < 4.78 is 5.51. The van der Waals surface area contributed by atoms with Gasteiger partial charge in [0.1, 0.15) is 17.9 Å². The van der Waals surface area contributed by atoms with Crippen LogP contribution in [0.5, 0.6) is 0 Å². The van der Waals surface area contributed by atoms with Crippen LogP contribution in [0.1, 0.15) is 38.6 Å². The summed E-state index contributed by atoms with van der Waals surface area (Å²) in [6.07, 6.45) is 3.44. The summed E-state index contributed by atoms with van der Waals surface area (Å²) in [5, 5.41) is 16.3. The SMILES string of the molecule is CC1=NN(c2nc(N)nc(/C(C#N)=C/c3coc4ccccc4c3=O)n2)C(C)(C)C1. The summed E-state index contributed by atoms with van der Waals surface area (Å²) in [4.78, 5) is 25.4. The minimum absolute atomic E-state index is 0.0442. The molecule has 1 aromatic carbocycles. The van der Waals surface area contributed by atoms with Crippen LogP contribution < -0.4 is 16.2 Å². The molecule has 0 aliphatic carbocycles. The lowest BCUT2D eigenvalue weighted by Gasteiger charge is -2.28. The van der Waals surface area contributed by atoms with Crippen LogP contribution in [0.25, 0.3) is 22.6 Å². The Labute approximate surface area is 172 Å². The zero-order valence-corrected chi connectivity index (χ0v) is 16.7. The highest BCUT2D eigenvalue weighted by molar-refractivity contribution is 5.90. The molecule has 9 heteroatoms. The topological polar surface area (TPSA) is 134 Å². The van der Waals surface area contributed by atoms with E-state index in [2.05, 4.69) is 20.1 Å². The van der Waals surface area contributed by atoms with Gasteiger partial charge in [0.2, 0.25) is 5.95 Å². The Balaban J connectivity index is 1.82. The van der Waals surface area contributed by atoms with E-state index in [1.165, 1.54) is 12.3 Å². The maximum atomic E-state index is 12.8. The normalized spacial score (nSPS) is 15.9. The van der Waals surface area contributed by atoms with E-state index in [0.29, 0.717) is 11.0 Å². The third-order valence-electron chi connectivity index (χ3n) is 4.73. The number of hydrazone groups is 1. The molecular weight excluding hydrogens is 382 g/mol. The van der Waals surface area contributed by atoms with Crippen molar-refractivity contribution in [3.8, 4) is 6.07 Å². The number of aromatic nitrogens is 3. The number of allylic oxidation sites excluding steroid dienone is 1. The number of nitrogens with two attached hydrogens (primary N) is 1. The van der Waals surface area contributed by atoms with Crippen molar-refractivity contribution in [3.05, 3.63) is 52.1 Å². The van der Waals surface area contributed by atoms with Gasteiger partial charge in [0.15, 0.2) is 11.3 Å². The number of benzene rings is 1. The number of nitrogen functional groups attached to an aromatic ring is 1. The Morgan fingerprint density at radius 3 is 2.77 bits per heavy atom. The van der Waals surface area contributed by atoms with Gasteiger partial charge in [-0.25, -0.2) is 5.01 Å². The highest BCUT2D eigenvalue weighted by Crippen LogP contribution is 2.31. The average molecular weight is 401 g/mol. The van der Waals surface area contributed by atoms with E-state index in [1.54, 1.807) is 29.3 Å². The monoisotopic (exact) mass is 401 g/mol. The summed E-state index contributed by atoms with van der Waals surface area (Å²) in [6.45, 7) is 5.94. The molecule has 150 valence electrons. The smallest absolute Gasteiger partial charge is 0.252 e. The van der Waals surface area contributed by atoms with E-state index < -0.39 is 0 Å². The lowest BCUT2D eigenvalue weighted by molar-refractivity contribution is 0.505. The Hall–Kier alpha value is -4.06. The van der Waals surface area contributed by atoms with Crippen LogP contribution in [0.3, 0.4) is 0 Å². The number of nitriles is 1. The second kappa shape index (κ2) is 7.08. The highest BCUT2D eigenvalue weighted by atomic mass is 16.3. The van der Waals surface area contributed by atoms with Gasteiger partial charge in [0.25, 0.3) is 5.95 Å². The molecule has 1 aliphatic heterocycles. The second-order valence-corrected chi connectivity index (χ2v) is 7.64. The van der Waals surface area contributed by atoms with Crippen LogP contribution in [0.4, 0.5) is 11.9 Å². The van der Waals surface area contributed by atoms with Crippen molar-refractivity contribution in [2.24, 2.45) is 5.10 Å². The summed E-state index contributed by atoms with van der Waals surface area (Å²) in [5.74, 6) is 0.256. The van der Waals surface area contributed by atoms with Crippen LogP contribution in [0.2, 0.25) is 0 Å². The molecule has 3 aromatic rings. The van der Waals surface area contributed by atoms with Gasteiger partial charge < -0.3 is 10.2 Å². The summed E-state index contributed by atoms with van der Waals surface area (Å²) in [5.41, 5.74) is 6.96. The van der Waals surface area contributed by atoms with Crippen LogP contribution in [-0.4, -0.2) is 26.2 Å². The maximum absolute atomic E-state index is 12.8. The first-order valence-electron chi connectivity index (χ1n) is 9.27. The second-order valence-electron chi connectivity index (χ2n) is 7.64. The zero-order chi connectivity index (χ0) is 21.5. The van der Waals surface area contributed by atoms with Crippen LogP contribution in [0, 0.1) is 11.3 Å². The van der Waals surface area contributed by atoms with Crippen molar-refractivity contribution in [2.45, 2.75) is 32.7 Å². The molecule has 4 rings (SSSR count). The molecule has 0 bridgehead atoms. The van der Waals surface area contributed by atoms with Crippen molar-refractivity contribution in [1.82, 2.24) is 15.0 Å². The first kappa shape index (κ1) is 19.3. The number of nitrogens with zero attached hydrogens (tertiary/aromatic N) is 6. The molecule has 1 aliphatic rings. The number of hydrogen-bond acceptors (Lipinski definition) is 9. The largest absolute Gasteiger partial charge is 0.463 e. The zero-order valence-electron chi connectivity index (χ0n) is 16.7. The molecule has 30 heavy (non-hydrogen) atoms. The number of anilines is 2. The van der Waals surface area contributed by atoms with Gasteiger partial charge in [-0.1, -0.05) is 12.1 Å². The first-order chi connectivity index (χ1) is 14.3. The maximum Gasteiger partial charge on any atom is 0.252 e. The molecule has 2 aromatic heterocycles. The quantitative estimate of drug-likeness (QED) is 0.662. The third-order valence-corrected chi connectivity index (χ3v) is 4.73. The molecule has 3 heterocycles. The van der Waals surface area contributed by atoms with Crippen molar-refractivity contribution in [1.29, 1.82) is 5.26 Å².